The first-order chi connectivity index (χ1) is 11.2. The van der Waals surface area contributed by atoms with Crippen LogP contribution in [0.4, 0.5) is 5.82 Å². The molecule has 1 aromatic carbocycles. The van der Waals surface area contributed by atoms with Crippen LogP contribution in [0.2, 0.25) is 0 Å². The van der Waals surface area contributed by atoms with Crippen molar-refractivity contribution in [3.63, 3.8) is 0 Å². The van der Waals surface area contributed by atoms with Gasteiger partial charge >= 0.3 is 0 Å². The van der Waals surface area contributed by atoms with E-state index in [9.17, 15) is 8.42 Å². The fraction of sp³-hybridized carbons (Fsp3) is 0.353. The second-order valence-electron chi connectivity index (χ2n) is 5.68. The Morgan fingerprint density at radius 3 is 2.39 bits per heavy atom. The van der Waals surface area contributed by atoms with Crippen LogP contribution in [0.15, 0.2) is 53.6 Å². The molecule has 0 atom stereocenters. The highest BCUT2D eigenvalue weighted by molar-refractivity contribution is 7.89. The van der Waals surface area contributed by atoms with Gasteiger partial charge in [-0.3, -0.25) is 0 Å². The van der Waals surface area contributed by atoms with E-state index < -0.39 is 10.0 Å². The molecule has 0 aliphatic carbocycles. The number of nitrogens with one attached hydrogen (secondary N) is 1. The molecule has 0 spiro atoms. The normalized spacial score (nSPS) is 16.2. The monoisotopic (exact) mass is 331 g/mol. The van der Waals surface area contributed by atoms with Gasteiger partial charge in [0.15, 0.2) is 0 Å². The Labute approximate surface area is 137 Å². The van der Waals surface area contributed by atoms with Crippen LogP contribution in [0.3, 0.4) is 0 Å². The summed E-state index contributed by atoms with van der Waals surface area (Å²) in [5.41, 5.74) is 1.15. The lowest BCUT2D eigenvalue weighted by Crippen LogP contribution is -2.35. The molecule has 1 fully saturated rings. The Hall–Kier alpha value is -1.92. The average molecular weight is 331 g/mol. The molecule has 0 amide bonds. The van der Waals surface area contributed by atoms with E-state index in [4.69, 9.17) is 0 Å². The van der Waals surface area contributed by atoms with E-state index in [-0.39, 0.29) is 4.90 Å². The smallest absolute Gasteiger partial charge is 0.244 e. The van der Waals surface area contributed by atoms with E-state index >= 15 is 0 Å². The molecule has 0 bridgehead atoms. The summed E-state index contributed by atoms with van der Waals surface area (Å²) in [4.78, 5) is 4.51. The number of sulfonamides is 1. The SMILES string of the molecule is O=S(=O)(c1ccc(NCc2ccccc2)nc1)N1CCCCC1. The van der Waals surface area contributed by atoms with Crippen molar-refractivity contribution in [2.75, 3.05) is 18.4 Å². The summed E-state index contributed by atoms with van der Waals surface area (Å²) >= 11 is 0. The Morgan fingerprint density at radius 1 is 1.00 bits per heavy atom. The molecule has 6 heteroatoms. The third-order valence-electron chi connectivity index (χ3n) is 4.01. The topological polar surface area (TPSA) is 62.3 Å². The van der Waals surface area contributed by atoms with Crippen molar-refractivity contribution in [2.24, 2.45) is 0 Å². The van der Waals surface area contributed by atoms with E-state index in [0.29, 0.717) is 25.5 Å². The lowest BCUT2D eigenvalue weighted by Gasteiger charge is -2.25. The van der Waals surface area contributed by atoms with Crippen LogP contribution in [-0.4, -0.2) is 30.8 Å². The number of anilines is 1. The molecule has 1 aromatic heterocycles. The van der Waals surface area contributed by atoms with Gasteiger partial charge in [-0.2, -0.15) is 4.31 Å². The Bertz CT molecular complexity index is 724. The maximum atomic E-state index is 12.5. The third kappa shape index (κ3) is 3.89. The fourth-order valence-electron chi connectivity index (χ4n) is 2.68. The number of pyridine rings is 1. The van der Waals surface area contributed by atoms with Gasteiger partial charge in [-0.15, -0.1) is 0 Å². The molecule has 1 N–H and O–H groups in total. The van der Waals surface area contributed by atoms with Crippen molar-refractivity contribution in [2.45, 2.75) is 30.7 Å². The Kier molecular flexibility index (Phi) is 4.93. The summed E-state index contributed by atoms with van der Waals surface area (Å²) in [5.74, 6) is 0.673. The molecule has 3 rings (SSSR count). The van der Waals surface area contributed by atoms with Crippen molar-refractivity contribution in [1.82, 2.24) is 9.29 Å². The molecule has 0 saturated carbocycles. The van der Waals surface area contributed by atoms with Crippen LogP contribution in [0.25, 0.3) is 0 Å². The minimum Gasteiger partial charge on any atom is -0.366 e. The maximum Gasteiger partial charge on any atom is 0.244 e. The summed E-state index contributed by atoms with van der Waals surface area (Å²) < 4.78 is 26.6. The lowest BCUT2D eigenvalue weighted by molar-refractivity contribution is 0.346. The fourth-order valence-corrected chi connectivity index (χ4v) is 4.14. The van der Waals surface area contributed by atoms with E-state index in [1.807, 2.05) is 30.3 Å². The Morgan fingerprint density at radius 2 is 1.74 bits per heavy atom. The number of hydrogen-bond acceptors (Lipinski definition) is 4. The van der Waals surface area contributed by atoms with Crippen LogP contribution in [0, 0.1) is 0 Å². The molecule has 1 aliphatic heterocycles. The summed E-state index contributed by atoms with van der Waals surface area (Å²) in [6.45, 7) is 1.87. The predicted molar refractivity (Wildman–Crippen MR) is 90.6 cm³/mol. The first-order valence-electron chi connectivity index (χ1n) is 7.90. The van der Waals surface area contributed by atoms with Crippen LogP contribution in [-0.2, 0) is 16.6 Å². The summed E-state index contributed by atoms with van der Waals surface area (Å²) in [6, 6.07) is 13.4. The molecule has 5 nitrogen and oxygen atoms in total. The van der Waals surface area contributed by atoms with Gasteiger partial charge in [-0.05, 0) is 30.5 Å². The molecule has 2 aromatic rings. The van der Waals surface area contributed by atoms with E-state index in [1.54, 1.807) is 16.4 Å². The van der Waals surface area contributed by atoms with Crippen molar-refractivity contribution in [3.05, 3.63) is 54.2 Å². The van der Waals surface area contributed by atoms with Gasteiger partial charge in [0.05, 0.1) is 0 Å². The largest absolute Gasteiger partial charge is 0.366 e. The number of hydrogen-bond donors (Lipinski definition) is 1. The quantitative estimate of drug-likeness (QED) is 0.915. The molecule has 2 heterocycles. The van der Waals surface area contributed by atoms with E-state index in [0.717, 1.165) is 24.8 Å². The van der Waals surface area contributed by atoms with Crippen molar-refractivity contribution in [3.8, 4) is 0 Å². The van der Waals surface area contributed by atoms with Crippen LogP contribution in [0.5, 0.6) is 0 Å². The zero-order chi connectivity index (χ0) is 16.1. The van der Waals surface area contributed by atoms with Gasteiger partial charge in [0.25, 0.3) is 0 Å². The van der Waals surface area contributed by atoms with Gasteiger partial charge in [-0.25, -0.2) is 13.4 Å². The first-order valence-corrected chi connectivity index (χ1v) is 9.34. The van der Waals surface area contributed by atoms with Gasteiger partial charge in [0.2, 0.25) is 10.0 Å². The van der Waals surface area contributed by atoms with Crippen molar-refractivity contribution in [1.29, 1.82) is 0 Å². The average Bonchev–Trinajstić information content (AvgIpc) is 2.62. The second kappa shape index (κ2) is 7.10. The van der Waals surface area contributed by atoms with Crippen LogP contribution < -0.4 is 5.32 Å². The number of aromatic nitrogens is 1. The molecular weight excluding hydrogens is 310 g/mol. The number of rotatable bonds is 5. The van der Waals surface area contributed by atoms with Gasteiger partial charge in [0, 0.05) is 25.8 Å². The molecular formula is C17H21N3O2S. The maximum absolute atomic E-state index is 12.5. The van der Waals surface area contributed by atoms with Crippen LogP contribution >= 0.6 is 0 Å². The van der Waals surface area contributed by atoms with Gasteiger partial charge in [0.1, 0.15) is 10.7 Å². The molecule has 122 valence electrons. The number of piperidine rings is 1. The molecule has 1 saturated heterocycles. The zero-order valence-corrected chi connectivity index (χ0v) is 13.8. The highest BCUT2D eigenvalue weighted by Crippen LogP contribution is 2.20. The van der Waals surface area contributed by atoms with E-state index in [1.165, 1.54) is 6.20 Å². The summed E-state index contributed by atoms with van der Waals surface area (Å²) in [6.07, 6.45) is 4.41. The highest BCUT2D eigenvalue weighted by Gasteiger charge is 2.25. The second-order valence-corrected chi connectivity index (χ2v) is 7.62. The standard InChI is InChI=1S/C17H21N3O2S/c21-23(22,20-11-5-2-6-12-20)16-9-10-17(19-14-16)18-13-15-7-3-1-4-8-15/h1,3-4,7-10,14H,2,5-6,11-13H2,(H,18,19). The number of nitrogens with zero attached hydrogens (tertiary/aromatic N) is 2. The molecule has 23 heavy (non-hydrogen) atoms. The van der Waals surface area contributed by atoms with Gasteiger partial charge in [-0.1, -0.05) is 36.8 Å². The van der Waals surface area contributed by atoms with E-state index in [2.05, 4.69) is 10.3 Å². The molecule has 1 aliphatic rings. The van der Waals surface area contributed by atoms with Crippen molar-refractivity contribution >= 4 is 15.8 Å². The minimum absolute atomic E-state index is 0.268. The summed E-state index contributed by atoms with van der Waals surface area (Å²) in [7, 11) is -3.40. The number of benzene rings is 1. The van der Waals surface area contributed by atoms with Crippen molar-refractivity contribution < 1.29 is 8.42 Å². The highest BCUT2D eigenvalue weighted by atomic mass is 32.2. The Balaban J connectivity index is 1.66. The van der Waals surface area contributed by atoms with Crippen LogP contribution in [0.1, 0.15) is 24.8 Å². The van der Waals surface area contributed by atoms with Gasteiger partial charge < -0.3 is 5.32 Å². The molecule has 0 unspecified atom stereocenters. The third-order valence-corrected chi connectivity index (χ3v) is 5.89. The zero-order valence-electron chi connectivity index (χ0n) is 13.0. The molecule has 0 radical (unpaired) electrons. The lowest BCUT2D eigenvalue weighted by atomic mass is 10.2. The summed E-state index contributed by atoms with van der Waals surface area (Å²) in [5, 5.41) is 3.20. The first kappa shape index (κ1) is 16.0. The predicted octanol–water partition coefficient (Wildman–Crippen LogP) is 2.87. The minimum atomic E-state index is -3.40.